The number of nitrogens with two attached hydrogens (primary N) is 1. The van der Waals surface area contributed by atoms with Gasteiger partial charge >= 0.3 is 0 Å². The highest BCUT2D eigenvalue weighted by Gasteiger charge is 2.31. The van der Waals surface area contributed by atoms with Crippen LogP contribution in [0.2, 0.25) is 0 Å². The predicted molar refractivity (Wildman–Crippen MR) is 110 cm³/mol. The van der Waals surface area contributed by atoms with Gasteiger partial charge in [-0.05, 0) is 36.5 Å². The number of hydrogen-bond acceptors (Lipinski definition) is 4. The van der Waals surface area contributed by atoms with Gasteiger partial charge in [0.1, 0.15) is 5.76 Å². The van der Waals surface area contributed by atoms with Crippen molar-refractivity contribution in [2.75, 3.05) is 5.73 Å². The normalized spacial score (nSPS) is 16.3. The third kappa shape index (κ3) is 2.61. The predicted octanol–water partition coefficient (Wildman–Crippen LogP) is 5.30. The van der Waals surface area contributed by atoms with E-state index in [9.17, 15) is 4.79 Å². The third-order valence-corrected chi connectivity index (χ3v) is 5.63. The van der Waals surface area contributed by atoms with Crippen molar-refractivity contribution in [1.29, 1.82) is 0 Å². The van der Waals surface area contributed by atoms with Gasteiger partial charge in [-0.15, -0.1) is 0 Å². The Kier molecular flexibility index (Phi) is 3.79. The number of anilines is 1. The van der Waals surface area contributed by atoms with Gasteiger partial charge < -0.3 is 10.2 Å². The zero-order valence-electron chi connectivity index (χ0n) is 15.6. The minimum atomic E-state index is 0.0591. The Morgan fingerprint density at radius 3 is 2.57 bits per heavy atom. The van der Waals surface area contributed by atoms with Gasteiger partial charge in [-0.2, -0.15) is 0 Å². The molecule has 2 aromatic carbocycles. The molecule has 2 heterocycles. The second-order valence-electron chi connectivity index (χ2n) is 7.43. The van der Waals surface area contributed by atoms with Crippen molar-refractivity contribution in [3.63, 3.8) is 0 Å². The lowest BCUT2D eigenvalue weighted by Gasteiger charge is -2.25. The Hall–Kier alpha value is -3.40. The van der Waals surface area contributed by atoms with Gasteiger partial charge in [-0.25, -0.2) is 4.98 Å². The molecule has 4 nitrogen and oxygen atoms in total. The van der Waals surface area contributed by atoms with Gasteiger partial charge in [0, 0.05) is 12.0 Å². The molecular weight excluding hydrogens is 348 g/mol. The zero-order chi connectivity index (χ0) is 19.3. The number of carbonyl (C=O) groups excluding carboxylic acids is 1. The fourth-order valence-corrected chi connectivity index (χ4v) is 4.23. The second-order valence-corrected chi connectivity index (χ2v) is 7.43. The number of rotatable bonds is 2. The van der Waals surface area contributed by atoms with Crippen LogP contribution in [0.4, 0.5) is 5.69 Å². The number of nitrogen functional groups attached to an aromatic ring is 1. The van der Waals surface area contributed by atoms with Crippen LogP contribution >= 0.6 is 0 Å². The number of benzene rings is 2. The smallest absolute Gasteiger partial charge is 0.229 e. The Labute approximate surface area is 163 Å². The van der Waals surface area contributed by atoms with Crippen molar-refractivity contribution >= 4 is 22.6 Å². The van der Waals surface area contributed by atoms with Crippen LogP contribution in [0.3, 0.4) is 0 Å². The SMILES string of the molecule is Cc1ccccc1[C@H]1CC(=O)c2c(nc3oc(-c4ccccc4)cc3c2N)C1. The van der Waals surface area contributed by atoms with Crippen LogP contribution in [-0.4, -0.2) is 10.8 Å². The zero-order valence-corrected chi connectivity index (χ0v) is 15.6. The fourth-order valence-electron chi connectivity index (χ4n) is 4.23. The summed E-state index contributed by atoms with van der Waals surface area (Å²) in [4.78, 5) is 17.7. The highest BCUT2D eigenvalue weighted by molar-refractivity contribution is 6.09. The van der Waals surface area contributed by atoms with E-state index in [0.717, 1.165) is 11.3 Å². The molecule has 4 heteroatoms. The summed E-state index contributed by atoms with van der Waals surface area (Å²) in [6, 6.07) is 19.9. The van der Waals surface area contributed by atoms with Gasteiger partial charge in [0.25, 0.3) is 0 Å². The lowest BCUT2D eigenvalue weighted by atomic mass is 9.79. The Morgan fingerprint density at radius 2 is 1.79 bits per heavy atom. The molecule has 28 heavy (non-hydrogen) atoms. The maximum absolute atomic E-state index is 13.0. The van der Waals surface area contributed by atoms with Gasteiger partial charge in [-0.3, -0.25) is 4.79 Å². The topological polar surface area (TPSA) is 69.1 Å². The molecule has 5 rings (SSSR count). The van der Waals surface area contributed by atoms with Crippen molar-refractivity contribution in [2.24, 2.45) is 0 Å². The number of nitrogens with zero attached hydrogens (tertiary/aromatic N) is 1. The number of aryl methyl sites for hydroxylation is 1. The number of pyridine rings is 1. The summed E-state index contributed by atoms with van der Waals surface area (Å²) in [7, 11) is 0. The molecule has 0 fully saturated rings. The molecule has 0 saturated carbocycles. The van der Waals surface area contributed by atoms with E-state index in [0.29, 0.717) is 41.0 Å². The summed E-state index contributed by atoms with van der Waals surface area (Å²) in [6.07, 6.45) is 1.14. The molecule has 1 atom stereocenters. The average molecular weight is 368 g/mol. The monoisotopic (exact) mass is 368 g/mol. The first kappa shape index (κ1) is 16.8. The lowest BCUT2D eigenvalue weighted by Crippen LogP contribution is -2.22. The van der Waals surface area contributed by atoms with Crippen molar-refractivity contribution in [2.45, 2.75) is 25.7 Å². The molecule has 138 valence electrons. The summed E-state index contributed by atoms with van der Waals surface area (Å²) in [5.41, 5.74) is 12.1. The highest BCUT2D eigenvalue weighted by Crippen LogP contribution is 2.39. The number of carbonyl (C=O) groups is 1. The fraction of sp³-hybridized carbons (Fsp3) is 0.167. The Morgan fingerprint density at radius 1 is 1.04 bits per heavy atom. The molecule has 2 aromatic heterocycles. The number of Topliss-reactive ketones (excluding diaryl/α,β-unsaturated/α-hetero) is 1. The molecule has 0 aliphatic heterocycles. The summed E-state index contributed by atoms with van der Waals surface area (Å²) in [5, 5.41) is 0.709. The molecule has 0 unspecified atom stereocenters. The van der Waals surface area contributed by atoms with E-state index in [1.807, 2.05) is 48.5 Å². The molecule has 2 N–H and O–H groups in total. The van der Waals surface area contributed by atoms with Crippen molar-refractivity contribution in [3.05, 3.63) is 83.0 Å². The van der Waals surface area contributed by atoms with E-state index in [-0.39, 0.29) is 11.7 Å². The molecule has 4 aromatic rings. The van der Waals surface area contributed by atoms with E-state index in [4.69, 9.17) is 15.1 Å². The third-order valence-electron chi connectivity index (χ3n) is 5.63. The summed E-state index contributed by atoms with van der Waals surface area (Å²) in [6.45, 7) is 2.08. The van der Waals surface area contributed by atoms with Crippen LogP contribution in [0.25, 0.3) is 22.4 Å². The average Bonchev–Trinajstić information content (AvgIpc) is 3.13. The van der Waals surface area contributed by atoms with Gasteiger partial charge in [0.15, 0.2) is 5.78 Å². The van der Waals surface area contributed by atoms with Crippen LogP contribution in [-0.2, 0) is 6.42 Å². The summed E-state index contributed by atoms with van der Waals surface area (Å²) >= 11 is 0. The minimum absolute atomic E-state index is 0.0591. The number of furan rings is 1. The van der Waals surface area contributed by atoms with E-state index < -0.39 is 0 Å². The largest absolute Gasteiger partial charge is 0.438 e. The molecule has 0 amide bonds. The van der Waals surface area contributed by atoms with Crippen LogP contribution < -0.4 is 5.73 Å². The van der Waals surface area contributed by atoms with Crippen LogP contribution in [0, 0.1) is 6.92 Å². The summed E-state index contributed by atoms with van der Waals surface area (Å²) < 4.78 is 6.00. The number of ketones is 1. The molecule has 0 radical (unpaired) electrons. The van der Waals surface area contributed by atoms with Gasteiger partial charge in [0.05, 0.1) is 22.3 Å². The van der Waals surface area contributed by atoms with Crippen LogP contribution in [0.1, 0.15) is 39.5 Å². The van der Waals surface area contributed by atoms with Crippen molar-refractivity contribution < 1.29 is 9.21 Å². The first-order valence-electron chi connectivity index (χ1n) is 9.48. The first-order chi connectivity index (χ1) is 13.6. The number of aromatic nitrogens is 1. The quantitative estimate of drug-likeness (QED) is 0.521. The first-order valence-corrected chi connectivity index (χ1v) is 9.48. The molecule has 1 aliphatic rings. The second kappa shape index (κ2) is 6.34. The van der Waals surface area contributed by atoms with E-state index >= 15 is 0 Å². The molecule has 0 spiro atoms. The van der Waals surface area contributed by atoms with E-state index in [1.54, 1.807) is 0 Å². The Bertz CT molecular complexity index is 1210. The maximum atomic E-state index is 13.0. The van der Waals surface area contributed by atoms with Crippen LogP contribution in [0.5, 0.6) is 0 Å². The van der Waals surface area contributed by atoms with Crippen molar-refractivity contribution in [1.82, 2.24) is 4.98 Å². The van der Waals surface area contributed by atoms with Crippen molar-refractivity contribution in [3.8, 4) is 11.3 Å². The molecule has 0 bridgehead atoms. The van der Waals surface area contributed by atoms with Crippen LogP contribution in [0.15, 0.2) is 65.1 Å². The molecular formula is C24H20N2O2. The maximum Gasteiger partial charge on any atom is 0.229 e. The standard InChI is InChI=1S/C24H20N2O2/c1-14-7-5-6-10-17(14)16-11-19-22(20(27)12-16)23(25)18-13-21(28-24(18)26-19)15-8-3-2-4-9-15/h2-10,13,16H,11-12H2,1H3,(H2,25,26)/t16-/m1/s1. The molecule has 1 aliphatic carbocycles. The Balaban J connectivity index is 1.62. The highest BCUT2D eigenvalue weighted by atomic mass is 16.3. The number of hydrogen-bond donors (Lipinski definition) is 1. The summed E-state index contributed by atoms with van der Waals surface area (Å²) in [5.74, 6) is 0.887. The van der Waals surface area contributed by atoms with E-state index in [1.165, 1.54) is 11.1 Å². The lowest BCUT2D eigenvalue weighted by molar-refractivity contribution is 0.0964. The van der Waals surface area contributed by atoms with Gasteiger partial charge in [0.2, 0.25) is 5.71 Å². The molecule has 0 saturated heterocycles. The number of fused-ring (bicyclic) bond motifs is 2. The van der Waals surface area contributed by atoms with E-state index in [2.05, 4.69) is 19.1 Å². The minimum Gasteiger partial charge on any atom is -0.438 e. The van der Waals surface area contributed by atoms with Gasteiger partial charge in [-0.1, -0.05) is 54.6 Å².